The quantitative estimate of drug-likeness (QED) is 0.829. The van der Waals surface area contributed by atoms with Crippen molar-refractivity contribution in [3.63, 3.8) is 0 Å². The SMILES string of the molecule is OCCOc1ccncc1Br. The van der Waals surface area contributed by atoms with Crippen LogP contribution in [0.5, 0.6) is 5.75 Å². The molecule has 60 valence electrons. The van der Waals surface area contributed by atoms with Crippen molar-refractivity contribution in [2.45, 2.75) is 0 Å². The minimum Gasteiger partial charge on any atom is -0.490 e. The van der Waals surface area contributed by atoms with Gasteiger partial charge in [0, 0.05) is 12.4 Å². The molecule has 1 N–H and O–H groups in total. The number of ether oxygens (including phenoxy) is 1. The molecule has 0 radical (unpaired) electrons. The van der Waals surface area contributed by atoms with Crippen LogP contribution in [-0.4, -0.2) is 23.3 Å². The van der Waals surface area contributed by atoms with E-state index in [0.29, 0.717) is 12.4 Å². The molecule has 0 saturated heterocycles. The second-order valence-electron chi connectivity index (χ2n) is 1.88. The lowest BCUT2D eigenvalue weighted by Crippen LogP contribution is -2.01. The summed E-state index contributed by atoms with van der Waals surface area (Å²) in [5.41, 5.74) is 0. The third-order valence-corrected chi connectivity index (χ3v) is 1.68. The fraction of sp³-hybridized carbons (Fsp3) is 0.286. The van der Waals surface area contributed by atoms with Crippen molar-refractivity contribution < 1.29 is 9.84 Å². The average Bonchev–Trinajstić information content (AvgIpc) is 2.03. The van der Waals surface area contributed by atoms with Crippen molar-refractivity contribution in [3.8, 4) is 5.75 Å². The lowest BCUT2D eigenvalue weighted by Gasteiger charge is -2.04. The third kappa shape index (κ3) is 2.48. The van der Waals surface area contributed by atoms with E-state index in [0.717, 1.165) is 4.47 Å². The van der Waals surface area contributed by atoms with E-state index in [2.05, 4.69) is 20.9 Å². The largest absolute Gasteiger partial charge is 0.490 e. The van der Waals surface area contributed by atoms with Crippen molar-refractivity contribution >= 4 is 15.9 Å². The normalized spacial score (nSPS) is 9.64. The van der Waals surface area contributed by atoms with E-state index in [9.17, 15) is 0 Å². The van der Waals surface area contributed by atoms with Crippen LogP contribution >= 0.6 is 15.9 Å². The third-order valence-electron chi connectivity index (χ3n) is 1.08. The molecule has 0 aliphatic rings. The van der Waals surface area contributed by atoms with Crippen LogP contribution in [0.3, 0.4) is 0 Å². The first-order valence-electron chi connectivity index (χ1n) is 3.18. The van der Waals surface area contributed by atoms with Crippen molar-refractivity contribution in [1.29, 1.82) is 0 Å². The zero-order valence-corrected chi connectivity index (χ0v) is 7.41. The number of halogens is 1. The summed E-state index contributed by atoms with van der Waals surface area (Å²) < 4.78 is 5.95. The number of hydrogen-bond acceptors (Lipinski definition) is 3. The van der Waals surface area contributed by atoms with Gasteiger partial charge >= 0.3 is 0 Å². The van der Waals surface area contributed by atoms with Gasteiger partial charge in [-0.05, 0) is 22.0 Å². The van der Waals surface area contributed by atoms with Crippen LogP contribution in [0, 0.1) is 0 Å². The average molecular weight is 218 g/mol. The number of rotatable bonds is 3. The van der Waals surface area contributed by atoms with E-state index in [4.69, 9.17) is 9.84 Å². The highest BCUT2D eigenvalue weighted by Gasteiger charge is 1.97. The fourth-order valence-corrected chi connectivity index (χ4v) is 1.000. The number of aliphatic hydroxyl groups excluding tert-OH is 1. The van der Waals surface area contributed by atoms with E-state index in [1.807, 2.05) is 0 Å². The number of nitrogens with zero attached hydrogens (tertiary/aromatic N) is 1. The molecule has 0 amide bonds. The van der Waals surface area contributed by atoms with Crippen LogP contribution in [0.25, 0.3) is 0 Å². The Balaban J connectivity index is 2.62. The maximum absolute atomic E-state index is 8.46. The van der Waals surface area contributed by atoms with Crippen molar-refractivity contribution in [2.75, 3.05) is 13.2 Å². The highest BCUT2D eigenvalue weighted by Crippen LogP contribution is 2.22. The zero-order chi connectivity index (χ0) is 8.10. The Labute approximate surface area is 73.2 Å². The molecular formula is C7H8BrNO2. The molecule has 0 bridgehead atoms. The van der Waals surface area contributed by atoms with Crippen LogP contribution in [0.15, 0.2) is 22.9 Å². The zero-order valence-electron chi connectivity index (χ0n) is 5.83. The molecule has 11 heavy (non-hydrogen) atoms. The van der Waals surface area contributed by atoms with Gasteiger partial charge < -0.3 is 9.84 Å². The summed E-state index contributed by atoms with van der Waals surface area (Å²) in [6.07, 6.45) is 3.28. The summed E-state index contributed by atoms with van der Waals surface area (Å²) in [5.74, 6) is 0.703. The van der Waals surface area contributed by atoms with Gasteiger partial charge in [-0.1, -0.05) is 0 Å². The molecule has 3 nitrogen and oxygen atoms in total. The first-order valence-corrected chi connectivity index (χ1v) is 3.97. The monoisotopic (exact) mass is 217 g/mol. The van der Waals surface area contributed by atoms with Gasteiger partial charge in [-0.3, -0.25) is 4.98 Å². The maximum atomic E-state index is 8.46. The second-order valence-corrected chi connectivity index (χ2v) is 2.73. The van der Waals surface area contributed by atoms with Gasteiger partial charge in [-0.25, -0.2) is 0 Å². The van der Waals surface area contributed by atoms with Crippen LogP contribution in [0.1, 0.15) is 0 Å². The van der Waals surface area contributed by atoms with Crippen LogP contribution in [0.2, 0.25) is 0 Å². The minimum atomic E-state index is 0.0226. The van der Waals surface area contributed by atoms with Crippen LogP contribution < -0.4 is 4.74 Å². The summed E-state index contributed by atoms with van der Waals surface area (Å²) in [5, 5.41) is 8.46. The highest BCUT2D eigenvalue weighted by atomic mass is 79.9. The number of hydrogen-bond donors (Lipinski definition) is 1. The number of aliphatic hydroxyl groups is 1. The molecule has 1 heterocycles. The molecule has 0 saturated carbocycles. The van der Waals surface area contributed by atoms with E-state index in [-0.39, 0.29) is 6.61 Å². The molecule has 1 aromatic rings. The first-order chi connectivity index (χ1) is 5.34. The molecule has 0 fully saturated rings. The van der Waals surface area contributed by atoms with Gasteiger partial charge in [0.15, 0.2) is 0 Å². The van der Waals surface area contributed by atoms with E-state index >= 15 is 0 Å². The van der Waals surface area contributed by atoms with E-state index in [1.54, 1.807) is 18.5 Å². The van der Waals surface area contributed by atoms with Gasteiger partial charge in [0.2, 0.25) is 0 Å². The maximum Gasteiger partial charge on any atom is 0.136 e. The summed E-state index contributed by atoms with van der Waals surface area (Å²) >= 11 is 3.26. The highest BCUT2D eigenvalue weighted by molar-refractivity contribution is 9.10. The predicted molar refractivity (Wildman–Crippen MR) is 44.5 cm³/mol. The Morgan fingerprint density at radius 1 is 1.64 bits per heavy atom. The van der Waals surface area contributed by atoms with Gasteiger partial charge in [-0.15, -0.1) is 0 Å². The minimum absolute atomic E-state index is 0.0226. The molecular weight excluding hydrogens is 210 g/mol. The predicted octanol–water partition coefficient (Wildman–Crippen LogP) is 1.22. The van der Waals surface area contributed by atoms with Crippen molar-refractivity contribution in [2.24, 2.45) is 0 Å². The fourth-order valence-electron chi connectivity index (χ4n) is 0.635. The molecule has 0 aliphatic heterocycles. The summed E-state index contributed by atoms with van der Waals surface area (Å²) in [4.78, 5) is 3.86. The van der Waals surface area contributed by atoms with E-state index < -0.39 is 0 Å². The number of aromatic nitrogens is 1. The Bertz CT molecular complexity index is 229. The molecule has 0 spiro atoms. The van der Waals surface area contributed by atoms with Gasteiger partial charge in [0.25, 0.3) is 0 Å². The van der Waals surface area contributed by atoms with E-state index in [1.165, 1.54) is 0 Å². The lowest BCUT2D eigenvalue weighted by molar-refractivity contribution is 0.200. The van der Waals surface area contributed by atoms with Gasteiger partial charge in [-0.2, -0.15) is 0 Å². The molecule has 1 aromatic heterocycles. The number of pyridine rings is 1. The molecule has 0 aliphatic carbocycles. The van der Waals surface area contributed by atoms with Crippen molar-refractivity contribution in [3.05, 3.63) is 22.9 Å². The smallest absolute Gasteiger partial charge is 0.136 e. The molecule has 0 unspecified atom stereocenters. The topological polar surface area (TPSA) is 42.4 Å². The Morgan fingerprint density at radius 3 is 3.09 bits per heavy atom. The lowest BCUT2D eigenvalue weighted by atomic mass is 10.4. The summed E-state index contributed by atoms with van der Waals surface area (Å²) in [6, 6.07) is 1.74. The Hall–Kier alpha value is -0.610. The summed E-state index contributed by atoms with van der Waals surface area (Å²) in [7, 11) is 0. The first kappa shape index (κ1) is 8.49. The Morgan fingerprint density at radius 2 is 2.45 bits per heavy atom. The summed E-state index contributed by atoms with van der Waals surface area (Å²) in [6.45, 7) is 0.331. The standard InChI is InChI=1S/C7H8BrNO2/c8-6-5-9-2-1-7(6)11-4-3-10/h1-2,5,10H,3-4H2. The second kappa shape index (κ2) is 4.31. The molecule has 0 atom stereocenters. The van der Waals surface area contributed by atoms with Crippen molar-refractivity contribution in [1.82, 2.24) is 4.98 Å². The molecule has 1 rings (SSSR count). The van der Waals surface area contributed by atoms with Gasteiger partial charge in [0.05, 0.1) is 11.1 Å². The van der Waals surface area contributed by atoms with Gasteiger partial charge in [0.1, 0.15) is 12.4 Å². The van der Waals surface area contributed by atoms with Crippen LogP contribution in [0.4, 0.5) is 0 Å². The van der Waals surface area contributed by atoms with Crippen LogP contribution in [-0.2, 0) is 0 Å². The Kier molecular flexibility index (Phi) is 3.32. The molecule has 4 heteroatoms. The molecule has 0 aromatic carbocycles.